The maximum atomic E-state index is 13.5. The second-order valence-corrected chi connectivity index (χ2v) is 13.8. The average molecular weight is 649 g/mol. The predicted molar refractivity (Wildman–Crippen MR) is 166 cm³/mol. The average Bonchev–Trinajstić information content (AvgIpc) is 3.39. The van der Waals surface area contributed by atoms with Crippen LogP contribution in [0.3, 0.4) is 0 Å². The number of anilines is 1. The highest BCUT2D eigenvalue weighted by molar-refractivity contribution is 7.15. The summed E-state index contributed by atoms with van der Waals surface area (Å²) in [7, 11) is 0. The number of hydrogen-bond donors (Lipinski definition) is 0. The minimum absolute atomic E-state index is 0.0534. The molecule has 1 aliphatic heterocycles. The van der Waals surface area contributed by atoms with Crippen molar-refractivity contribution in [1.29, 1.82) is 0 Å². The molecule has 0 radical (unpaired) electrons. The van der Waals surface area contributed by atoms with Crippen molar-refractivity contribution in [3.8, 4) is 11.5 Å². The molecule has 0 unspecified atom stereocenters. The van der Waals surface area contributed by atoms with E-state index in [-0.39, 0.29) is 25.3 Å². The van der Waals surface area contributed by atoms with E-state index in [1.54, 1.807) is 49.9 Å². The number of rotatable bonds is 8. The molecule has 2 aromatic carbocycles. The van der Waals surface area contributed by atoms with Gasteiger partial charge in [-0.25, -0.2) is 18.9 Å². The Morgan fingerprint density at radius 3 is 2.36 bits per heavy atom. The lowest BCUT2D eigenvalue weighted by atomic mass is 10.1. The van der Waals surface area contributed by atoms with E-state index in [1.807, 2.05) is 26.8 Å². The molecule has 238 valence electrons. The molecule has 1 aliphatic rings. The first-order valence-corrected chi connectivity index (χ1v) is 15.5. The van der Waals surface area contributed by atoms with E-state index in [0.29, 0.717) is 52.6 Å². The van der Waals surface area contributed by atoms with Gasteiger partial charge in [-0.15, -0.1) is 10.2 Å². The molecule has 0 atom stereocenters. The van der Waals surface area contributed by atoms with Gasteiger partial charge in [0.25, 0.3) is 0 Å². The molecule has 10 nitrogen and oxygen atoms in total. The van der Waals surface area contributed by atoms with Crippen molar-refractivity contribution in [2.24, 2.45) is 0 Å². The van der Waals surface area contributed by atoms with Crippen molar-refractivity contribution in [3.63, 3.8) is 0 Å². The van der Waals surface area contributed by atoms with Crippen LogP contribution in [-0.2, 0) is 22.6 Å². The summed E-state index contributed by atoms with van der Waals surface area (Å²) in [5.74, 6) is 0.467. The minimum Gasteiger partial charge on any atom is -0.489 e. The number of likely N-dealkylation sites (tertiary alicyclic amines) is 1. The molecule has 44 heavy (non-hydrogen) atoms. The lowest BCUT2D eigenvalue weighted by molar-refractivity contribution is 0.0126. The second kappa shape index (κ2) is 14.0. The molecular formula is C31H38ClFN4O6S. The van der Waals surface area contributed by atoms with E-state index < -0.39 is 23.1 Å². The molecular weight excluding hydrogens is 611 g/mol. The molecule has 0 saturated carbocycles. The van der Waals surface area contributed by atoms with E-state index in [2.05, 4.69) is 10.2 Å². The molecule has 1 saturated heterocycles. The molecule has 1 fully saturated rings. The smallest absolute Gasteiger partial charge is 0.417 e. The molecule has 13 heteroatoms. The molecule has 3 aromatic rings. The summed E-state index contributed by atoms with van der Waals surface area (Å²) in [4.78, 5) is 28.7. The Labute approximate surface area is 266 Å². The number of aromatic nitrogens is 2. The first-order chi connectivity index (χ1) is 20.6. The molecule has 0 bridgehead atoms. The lowest BCUT2D eigenvalue weighted by Crippen LogP contribution is -2.44. The van der Waals surface area contributed by atoms with Crippen molar-refractivity contribution in [1.82, 2.24) is 15.1 Å². The van der Waals surface area contributed by atoms with E-state index in [1.165, 1.54) is 17.0 Å². The fraction of sp³-hybridized carbons (Fsp3) is 0.484. The number of nitrogens with zero attached hydrogens (tertiary/aromatic N) is 4. The van der Waals surface area contributed by atoms with Crippen LogP contribution in [0.25, 0.3) is 0 Å². The van der Waals surface area contributed by atoms with Crippen LogP contribution in [0.15, 0.2) is 42.5 Å². The van der Waals surface area contributed by atoms with Gasteiger partial charge in [0, 0.05) is 32.0 Å². The van der Waals surface area contributed by atoms with Crippen molar-refractivity contribution >= 4 is 40.3 Å². The van der Waals surface area contributed by atoms with Gasteiger partial charge < -0.3 is 23.8 Å². The van der Waals surface area contributed by atoms with Gasteiger partial charge >= 0.3 is 12.2 Å². The molecule has 0 aliphatic carbocycles. The van der Waals surface area contributed by atoms with E-state index in [4.69, 9.17) is 30.5 Å². The van der Waals surface area contributed by atoms with Gasteiger partial charge in [-0.3, -0.25) is 0 Å². The topological polar surface area (TPSA) is 103 Å². The van der Waals surface area contributed by atoms with Crippen molar-refractivity contribution in [3.05, 3.63) is 63.9 Å². The van der Waals surface area contributed by atoms with Gasteiger partial charge in [0.1, 0.15) is 41.2 Å². The number of benzene rings is 2. The standard InChI is InChI=1S/C31H38ClFN4O6S/c1-30(2,3)42-28(38)36-14-12-22(13-15-36)41-25-11-10-20(16-24(25)32)18-37(29(39)43-31(4,5)6)27-35-34-26(44-27)19-40-23-9-7-8-21(33)17-23/h7-11,16-17,22H,12-15,18-19H2,1-6H3. The highest BCUT2D eigenvalue weighted by Crippen LogP contribution is 2.31. The zero-order chi connectivity index (χ0) is 32.1. The monoisotopic (exact) mass is 648 g/mol. The van der Waals surface area contributed by atoms with Crippen LogP contribution >= 0.6 is 22.9 Å². The largest absolute Gasteiger partial charge is 0.489 e. The summed E-state index contributed by atoms with van der Waals surface area (Å²) in [6, 6.07) is 11.1. The van der Waals surface area contributed by atoms with Gasteiger partial charge in [-0.1, -0.05) is 35.1 Å². The molecule has 1 aromatic heterocycles. The van der Waals surface area contributed by atoms with Gasteiger partial charge in [0.2, 0.25) is 5.13 Å². The number of amides is 2. The van der Waals surface area contributed by atoms with Crippen LogP contribution in [0.4, 0.5) is 19.1 Å². The van der Waals surface area contributed by atoms with Crippen LogP contribution in [-0.4, -0.2) is 57.7 Å². The quantitative estimate of drug-likeness (QED) is 0.246. The Morgan fingerprint density at radius 1 is 1.02 bits per heavy atom. The fourth-order valence-electron chi connectivity index (χ4n) is 4.22. The highest BCUT2D eigenvalue weighted by atomic mass is 35.5. The molecule has 2 heterocycles. The van der Waals surface area contributed by atoms with Gasteiger partial charge in [-0.05, 0) is 71.4 Å². The fourth-order valence-corrected chi connectivity index (χ4v) is 5.21. The van der Waals surface area contributed by atoms with Crippen molar-refractivity contribution in [2.45, 2.75) is 84.8 Å². The maximum Gasteiger partial charge on any atom is 0.417 e. The van der Waals surface area contributed by atoms with E-state index in [0.717, 1.165) is 16.9 Å². The Hall–Kier alpha value is -3.64. The van der Waals surface area contributed by atoms with Gasteiger partial charge in [0.15, 0.2) is 5.01 Å². The summed E-state index contributed by atoms with van der Waals surface area (Å²) >= 11 is 7.78. The van der Waals surface area contributed by atoms with Crippen LogP contribution in [0.2, 0.25) is 5.02 Å². The Bertz CT molecular complexity index is 1450. The molecule has 0 spiro atoms. The molecule has 4 rings (SSSR count). The summed E-state index contributed by atoms with van der Waals surface area (Å²) in [5.41, 5.74) is -0.561. The van der Waals surface area contributed by atoms with E-state index in [9.17, 15) is 14.0 Å². The normalized spacial score (nSPS) is 14.2. The highest BCUT2D eigenvalue weighted by Gasteiger charge is 2.29. The SMILES string of the molecule is CC(C)(C)OC(=O)N1CCC(Oc2ccc(CN(C(=O)OC(C)(C)C)c3nnc(COc4cccc(F)c4)s3)cc2Cl)CC1. The zero-order valence-corrected chi connectivity index (χ0v) is 27.3. The summed E-state index contributed by atoms with van der Waals surface area (Å²) in [6.45, 7) is 12.1. The number of carbonyl (C=O) groups is 2. The third-order valence-electron chi connectivity index (χ3n) is 6.18. The zero-order valence-electron chi connectivity index (χ0n) is 25.8. The van der Waals surface area contributed by atoms with Crippen molar-refractivity contribution in [2.75, 3.05) is 18.0 Å². The number of hydrogen-bond acceptors (Lipinski definition) is 9. The number of ether oxygens (including phenoxy) is 4. The van der Waals surface area contributed by atoms with Crippen molar-refractivity contribution < 1.29 is 32.9 Å². The molecule has 2 amide bonds. The van der Waals surface area contributed by atoms with Gasteiger partial charge in [0.05, 0.1) is 11.6 Å². The summed E-state index contributed by atoms with van der Waals surface area (Å²) < 4.78 is 36.4. The lowest BCUT2D eigenvalue weighted by Gasteiger charge is -2.33. The first kappa shape index (κ1) is 33.3. The molecule has 0 N–H and O–H groups in total. The Balaban J connectivity index is 1.41. The third-order valence-corrected chi connectivity index (χ3v) is 7.40. The minimum atomic E-state index is -0.738. The number of halogens is 2. The Morgan fingerprint density at radius 2 is 1.73 bits per heavy atom. The first-order valence-electron chi connectivity index (χ1n) is 14.3. The Kier molecular flexibility index (Phi) is 10.6. The maximum absolute atomic E-state index is 13.5. The van der Waals surface area contributed by atoms with E-state index >= 15 is 0 Å². The van der Waals surface area contributed by atoms with Crippen LogP contribution < -0.4 is 14.4 Å². The van der Waals surface area contributed by atoms with Crippen LogP contribution in [0, 0.1) is 5.82 Å². The second-order valence-electron chi connectivity index (χ2n) is 12.3. The summed E-state index contributed by atoms with van der Waals surface area (Å²) in [6.07, 6.45) is 0.261. The van der Waals surface area contributed by atoms with Gasteiger partial charge in [-0.2, -0.15) is 0 Å². The summed E-state index contributed by atoms with van der Waals surface area (Å²) in [5, 5.41) is 9.54. The van der Waals surface area contributed by atoms with Crippen LogP contribution in [0.1, 0.15) is 65.0 Å². The predicted octanol–water partition coefficient (Wildman–Crippen LogP) is 7.63. The number of piperidine rings is 1. The number of carbonyl (C=O) groups excluding carboxylic acids is 2. The third kappa shape index (κ3) is 9.95. The van der Waals surface area contributed by atoms with Crippen LogP contribution in [0.5, 0.6) is 11.5 Å².